The SMILES string of the molecule is Cc1nnc(-c2cccc(-n3ccc(NC4CCN(CCc5ccccn5)CC4)n3)c2)o1. The van der Waals surface area contributed by atoms with Gasteiger partial charge >= 0.3 is 0 Å². The molecule has 1 aromatic carbocycles. The average molecular weight is 430 g/mol. The van der Waals surface area contributed by atoms with Gasteiger partial charge in [-0.25, -0.2) is 4.68 Å². The van der Waals surface area contributed by atoms with Gasteiger partial charge in [0, 0.05) is 68.7 Å². The first-order chi connectivity index (χ1) is 15.7. The normalized spacial score (nSPS) is 15.2. The maximum atomic E-state index is 5.55. The second kappa shape index (κ2) is 9.32. The van der Waals surface area contributed by atoms with Gasteiger partial charge in [-0.2, -0.15) is 5.10 Å². The summed E-state index contributed by atoms with van der Waals surface area (Å²) in [7, 11) is 0. The molecule has 3 aromatic heterocycles. The van der Waals surface area contributed by atoms with Gasteiger partial charge in [0.15, 0.2) is 0 Å². The quantitative estimate of drug-likeness (QED) is 0.479. The number of nitrogens with one attached hydrogen (secondary N) is 1. The Morgan fingerprint density at radius 1 is 1.06 bits per heavy atom. The van der Waals surface area contributed by atoms with Gasteiger partial charge in [-0.15, -0.1) is 10.2 Å². The summed E-state index contributed by atoms with van der Waals surface area (Å²) in [4.78, 5) is 6.95. The number of aryl methyl sites for hydroxylation is 1. The molecule has 8 heteroatoms. The smallest absolute Gasteiger partial charge is 0.247 e. The Hall–Kier alpha value is -3.52. The summed E-state index contributed by atoms with van der Waals surface area (Å²) in [5, 5.41) is 16.3. The lowest BCUT2D eigenvalue weighted by molar-refractivity contribution is 0.221. The van der Waals surface area contributed by atoms with Crippen LogP contribution >= 0.6 is 0 Å². The summed E-state index contributed by atoms with van der Waals surface area (Å²) in [5.74, 6) is 1.97. The standard InChI is InChI=1S/C24H27N7O/c1-18-27-28-24(32-18)19-5-4-7-22(17-19)31-16-11-23(29-31)26-21-9-14-30(15-10-21)13-8-20-6-2-3-12-25-20/h2-7,11-12,16-17,21H,8-10,13-15H2,1H3,(H,26,29). The van der Waals surface area contributed by atoms with Crippen LogP contribution in [0.15, 0.2) is 65.3 Å². The molecule has 5 rings (SSSR count). The molecule has 0 spiro atoms. The van der Waals surface area contributed by atoms with Gasteiger partial charge in [0.25, 0.3) is 0 Å². The summed E-state index contributed by atoms with van der Waals surface area (Å²) in [6, 6.07) is 16.5. The molecular formula is C24H27N7O. The first-order valence-corrected chi connectivity index (χ1v) is 11.1. The van der Waals surface area contributed by atoms with Crippen molar-refractivity contribution >= 4 is 5.82 Å². The van der Waals surface area contributed by atoms with Gasteiger partial charge in [0.2, 0.25) is 11.8 Å². The molecule has 0 saturated carbocycles. The molecule has 0 unspecified atom stereocenters. The highest BCUT2D eigenvalue weighted by Crippen LogP contribution is 2.22. The van der Waals surface area contributed by atoms with E-state index in [-0.39, 0.29) is 0 Å². The highest BCUT2D eigenvalue weighted by atomic mass is 16.4. The van der Waals surface area contributed by atoms with Crippen molar-refractivity contribution in [3.8, 4) is 17.1 Å². The van der Waals surface area contributed by atoms with E-state index in [2.05, 4.69) is 37.5 Å². The molecule has 0 atom stereocenters. The number of rotatable bonds is 7. The molecule has 1 N–H and O–H groups in total. The molecular weight excluding hydrogens is 402 g/mol. The van der Waals surface area contributed by atoms with Gasteiger partial charge in [-0.1, -0.05) is 12.1 Å². The minimum Gasteiger partial charge on any atom is -0.421 e. The van der Waals surface area contributed by atoms with Gasteiger partial charge in [-0.3, -0.25) is 4.98 Å². The van der Waals surface area contributed by atoms with Gasteiger partial charge in [0.05, 0.1) is 5.69 Å². The Kier molecular flexibility index (Phi) is 5.93. The molecule has 1 aliphatic rings. The van der Waals surface area contributed by atoms with E-state index in [4.69, 9.17) is 9.52 Å². The number of nitrogens with zero attached hydrogens (tertiary/aromatic N) is 6. The minimum atomic E-state index is 0.442. The van der Waals surface area contributed by atoms with Gasteiger partial charge in [-0.05, 0) is 43.2 Å². The van der Waals surface area contributed by atoms with E-state index < -0.39 is 0 Å². The predicted molar refractivity (Wildman–Crippen MR) is 123 cm³/mol. The lowest BCUT2D eigenvalue weighted by atomic mass is 10.0. The lowest BCUT2D eigenvalue weighted by Gasteiger charge is -2.32. The van der Waals surface area contributed by atoms with Crippen LogP contribution in [0.5, 0.6) is 0 Å². The van der Waals surface area contributed by atoms with E-state index in [1.807, 2.05) is 53.5 Å². The van der Waals surface area contributed by atoms with Crippen LogP contribution in [0.2, 0.25) is 0 Å². The van der Waals surface area contributed by atoms with Crippen molar-refractivity contribution in [2.24, 2.45) is 0 Å². The zero-order valence-electron chi connectivity index (χ0n) is 18.2. The van der Waals surface area contributed by atoms with E-state index in [1.165, 1.54) is 0 Å². The molecule has 1 saturated heterocycles. The maximum absolute atomic E-state index is 5.55. The fourth-order valence-corrected chi connectivity index (χ4v) is 4.07. The molecule has 8 nitrogen and oxygen atoms in total. The highest BCUT2D eigenvalue weighted by Gasteiger charge is 2.19. The Morgan fingerprint density at radius 2 is 1.97 bits per heavy atom. The predicted octanol–water partition coefficient (Wildman–Crippen LogP) is 3.74. The van der Waals surface area contributed by atoms with Crippen molar-refractivity contribution < 1.29 is 4.42 Å². The number of anilines is 1. The summed E-state index contributed by atoms with van der Waals surface area (Å²) in [6.07, 6.45) is 7.07. The Morgan fingerprint density at radius 3 is 2.75 bits per heavy atom. The molecule has 1 aliphatic heterocycles. The number of likely N-dealkylation sites (tertiary alicyclic amines) is 1. The fraction of sp³-hybridized carbons (Fsp3) is 0.333. The molecule has 32 heavy (non-hydrogen) atoms. The third kappa shape index (κ3) is 4.86. The fourth-order valence-electron chi connectivity index (χ4n) is 4.07. The maximum Gasteiger partial charge on any atom is 0.247 e. The molecule has 0 bridgehead atoms. The average Bonchev–Trinajstić information content (AvgIpc) is 3.49. The Bertz CT molecular complexity index is 1150. The van der Waals surface area contributed by atoms with Crippen molar-refractivity contribution in [1.29, 1.82) is 0 Å². The Labute approximate surface area is 187 Å². The number of benzene rings is 1. The number of aromatic nitrogens is 5. The van der Waals surface area contributed by atoms with Crippen molar-refractivity contribution in [2.45, 2.75) is 32.2 Å². The summed E-state index contributed by atoms with van der Waals surface area (Å²) < 4.78 is 7.42. The van der Waals surface area contributed by atoms with Crippen LogP contribution in [0.1, 0.15) is 24.4 Å². The molecule has 1 fully saturated rings. The lowest BCUT2D eigenvalue weighted by Crippen LogP contribution is -2.40. The van der Waals surface area contributed by atoms with E-state index in [0.29, 0.717) is 17.8 Å². The number of piperidine rings is 1. The third-order valence-corrected chi connectivity index (χ3v) is 5.82. The van der Waals surface area contributed by atoms with Crippen LogP contribution < -0.4 is 5.32 Å². The molecule has 164 valence electrons. The third-order valence-electron chi connectivity index (χ3n) is 5.82. The molecule has 4 heterocycles. The molecule has 0 amide bonds. The summed E-state index contributed by atoms with van der Waals surface area (Å²) in [5.41, 5.74) is 3.00. The van der Waals surface area contributed by atoms with Crippen molar-refractivity contribution in [2.75, 3.05) is 25.0 Å². The largest absolute Gasteiger partial charge is 0.421 e. The first-order valence-electron chi connectivity index (χ1n) is 11.1. The van der Waals surface area contributed by atoms with E-state index in [1.54, 1.807) is 6.92 Å². The number of hydrogen-bond donors (Lipinski definition) is 1. The van der Waals surface area contributed by atoms with Crippen LogP contribution in [0.25, 0.3) is 17.1 Å². The van der Waals surface area contributed by atoms with Crippen LogP contribution in [0, 0.1) is 6.92 Å². The van der Waals surface area contributed by atoms with E-state index >= 15 is 0 Å². The highest BCUT2D eigenvalue weighted by molar-refractivity contribution is 5.57. The number of hydrogen-bond acceptors (Lipinski definition) is 7. The summed E-state index contributed by atoms with van der Waals surface area (Å²) in [6.45, 7) is 5.04. The molecule has 4 aromatic rings. The second-order valence-corrected chi connectivity index (χ2v) is 8.15. The second-order valence-electron chi connectivity index (χ2n) is 8.15. The van der Waals surface area contributed by atoms with E-state index in [0.717, 1.165) is 61.7 Å². The summed E-state index contributed by atoms with van der Waals surface area (Å²) >= 11 is 0. The van der Waals surface area contributed by atoms with E-state index in [9.17, 15) is 0 Å². The minimum absolute atomic E-state index is 0.442. The first kappa shape index (κ1) is 20.4. The van der Waals surface area contributed by atoms with Gasteiger partial charge < -0.3 is 14.6 Å². The van der Waals surface area contributed by atoms with Crippen molar-refractivity contribution in [3.63, 3.8) is 0 Å². The van der Waals surface area contributed by atoms with Gasteiger partial charge in [0.1, 0.15) is 5.82 Å². The van der Waals surface area contributed by atoms with Crippen molar-refractivity contribution in [3.05, 3.63) is 72.5 Å². The van der Waals surface area contributed by atoms with Crippen LogP contribution in [-0.4, -0.2) is 55.5 Å². The van der Waals surface area contributed by atoms with Crippen LogP contribution in [0.4, 0.5) is 5.82 Å². The monoisotopic (exact) mass is 429 g/mol. The Balaban J connectivity index is 1.15. The van der Waals surface area contributed by atoms with Crippen LogP contribution in [0.3, 0.4) is 0 Å². The van der Waals surface area contributed by atoms with Crippen molar-refractivity contribution in [1.82, 2.24) is 29.9 Å². The zero-order valence-corrected chi connectivity index (χ0v) is 18.2. The zero-order chi connectivity index (χ0) is 21.8. The topological polar surface area (TPSA) is 84.9 Å². The molecule has 0 aliphatic carbocycles. The molecule has 0 radical (unpaired) electrons. The van der Waals surface area contributed by atoms with Crippen LogP contribution in [-0.2, 0) is 6.42 Å². The number of pyridine rings is 1.